The third-order valence-electron chi connectivity index (χ3n) is 5.12. The standard InChI is InChI=1S/C21H24FN3O/c1-14-12-21(2,3)25(4)19-9-8-15(10-18(14)19)13-23-24-20(26)16-6-5-7-17(22)11-16/h5-11,13-14H,12H2,1-4H3,(H,24,26)/b23-13+. The average Bonchev–Trinajstić information content (AvgIpc) is 2.59. The van der Waals surface area contributed by atoms with Crippen molar-refractivity contribution in [3.05, 3.63) is 65.0 Å². The molecule has 0 aliphatic carbocycles. The fraction of sp³-hybridized carbons (Fsp3) is 0.333. The predicted octanol–water partition coefficient (Wildman–Crippen LogP) is 4.31. The number of benzene rings is 2. The van der Waals surface area contributed by atoms with Gasteiger partial charge in [-0.2, -0.15) is 5.10 Å². The van der Waals surface area contributed by atoms with Gasteiger partial charge in [0.15, 0.2) is 0 Å². The summed E-state index contributed by atoms with van der Waals surface area (Å²) in [6, 6.07) is 11.7. The molecule has 0 bridgehead atoms. The molecule has 1 aliphatic rings. The largest absolute Gasteiger partial charge is 0.369 e. The molecular formula is C21H24FN3O. The quantitative estimate of drug-likeness (QED) is 0.660. The van der Waals surface area contributed by atoms with Crippen LogP contribution in [0.1, 0.15) is 54.6 Å². The van der Waals surface area contributed by atoms with Crippen molar-refractivity contribution in [2.75, 3.05) is 11.9 Å². The number of amides is 1. The minimum absolute atomic E-state index is 0.126. The van der Waals surface area contributed by atoms with E-state index < -0.39 is 11.7 Å². The minimum Gasteiger partial charge on any atom is -0.369 e. The zero-order valence-electron chi connectivity index (χ0n) is 15.6. The highest BCUT2D eigenvalue weighted by molar-refractivity contribution is 5.94. The summed E-state index contributed by atoms with van der Waals surface area (Å²) in [5.74, 6) is -0.433. The Kier molecular flexibility index (Phi) is 4.81. The van der Waals surface area contributed by atoms with Crippen LogP contribution in [0, 0.1) is 5.82 Å². The van der Waals surface area contributed by atoms with Gasteiger partial charge in [0.25, 0.3) is 5.91 Å². The molecule has 1 heterocycles. The molecule has 1 N–H and O–H groups in total. The molecule has 0 saturated carbocycles. The number of hydrazone groups is 1. The van der Waals surface area contributed by atoms with E-state index in [-0.39, 0.29) is 11.1 Å². The second-order valence-electron chi connectivity index (χ2n) is 7.50. The van der Waals surface area contributed by atoms with E-state index >= 15 is 0 Å². The molecule has 2 aromatic carbocycles. The number of rotatable bonds is 3. The van der Waals surface area contributed by atoms with Crippen LogP contribution in [-0.4, -0.2) is 24.7 Å². The van der Waals surface area contributed by atoms with E-state index in [0.29, 0.717) is 5.92 Å². The summed E-state index contributed by atoms with van der Waals surface area (Å²) in [5.41, 5.74) is 6.24. The monoisotopic (exact) mass is 353 g/mol. The van der Waals surface area contributed by atoms with Gasteiger partial charge in [-0.3, -0.25) is 4.79 Å². The third-order valence-corrected chi connectivity index (χ3v) is 5.12. The highest BCUT2D eigenvalue weighted by Crippen LogP contribution is 2.42. The molecular weight excluding hydrogens is 329 g/mol. The van der Waals surface area contributed by atoms with Crippen LogP contribution in [0.25, 0.3) is 0 Å². The van der Waals surface area contributed by atoms with Crippen LogP contribution < -0.4 is 10.3 Å². The Morgan fingerprint density at radius 2 is 2.08 bits per heavy atom. The van der Waals surface area contributed by atoms with Gasteiger partial charge in [-0.05, 0) is 67.6 Å². The number of nitrogens with zero attached hydrogens (tertiary/aromatic N) is 2. The number of anilines is 1. The normalized spacial score (nSPS) is 18.7. The van der Waals surface area contributed by atoms with E-state index in [2.05, 4.69) is 55.4 Å². The SMILES string of the molecule is CC1CC(C)(C)N(C)c2ccc(/C=N/NC(=O)c3cccc(F)c3)cc21. The Morgan fingerprint density at radius 1 is 1.31 bits per heavy atom. The number of hydrogen-bond donors (Lipinski definition) is 1. The van der Waals surface area contributed by atoms with Gasteiger partial charge in [0, 0.05) is 23.8 Å². The van der Waals surface area contributed by atoms with Crippen LogP contribution in [0.4, 0.5) is 10.1 Å². The lowest BCUT2D eigenvalue weighted by Crippen LogP contribution is -2.45. The topological polar surface area (TPSA) is 44.7 Å². The molecule has 26 heavy (non-hydrogen) atoms. The van der Waals surface area contributed by atoms with Crippen molar-refractivity contribution >= 4 is 17.8 Å². The van der Waals surface area contributed by atoms with Gasteiger partial charge in [0.05, 0.1) is 6.21 Å². The van der Waals surface area contributed by atoms with Crippen LogP contribution in [0.15, 0.2) is 47.6 Å². The van der Waals surface area contributed by atoms with Crippen molar-refractivity contribution in [3.8, 4) is 0 Å². The molecule has 0 aromatic heterocycles. The summed E-state index contributed by atoms with van der Waals surface area (Å²) in [7, 11) is 2.12. The van der Waals surface area contributed by atoms with Crippen molar-refractivity contribution < 1.29 is 9.18 Å². The van der Waals surface area contributed by atoms with Gasteiger partial charge in [0.1, 0.15) is 5.82 Å². The maximum atomic E-state index is 13.2. The Bertz CT molecular complexity index is 860. The molecule has 0 radical (unpaired) electrons. The van der Waals surface area contributed by atoms with Gasteiger partial charge in [-0.1, -0.05) is 19.1 Å². The first-order chi connectivity index (χ1) is 12.3. The molecule has 5 heteroatoms. The van der Waals surface area contributed by atoms with Crippen LogP contribution in [0.5, 0.6) is 0 Å². The lowest BCUT2D eigenvalue weighted by atomic mass is 9.80. The maximum absolute atomic E-state index is 13.2. The molecule has 0 saturated heterocycles. The van der Waals surface area contributed by atoms with E-state index in [1.54, 1.807) is 12.3 Å². The minimum atomic E-state index is -0.447. The average molecular weight is 353 g/mol. The van der Waals surface area contributed by atoms with Gasteiger partial charge >= 0.3 is 0 Å². The highest BCUT2D eigenvalue weighted by Gasteiger charge is 2.33. The third kappa shape index (κ3) is 3.62. The molecule has 4 nitrogen and oxygen atoms in total. The maximum Gasteiger partial charge on any atom is 0.271 e. The van der Waals surface area contributed by atoms with Crippen molar-refractivity contribution in [3.63, 3.8) is 0 Å². The Labute approximate surface area is 153 Å². The smallest absolute Gasteiger partial charge is 0.271 e. The molecule has 1 aliphatic heterocycles. The molecule has 3 rings (SSSR count). The summed E-state index contributed by atoms with van der Waals surface area (Å²) in [4.78, 5) is 14.3. The summed E-state index contributed by atoms with van der Waals surface area (Å²) in [6.07, 6.45) is 2.69. The lowest BCUT2D eigenvalue weighted by molar-refractivity contribution is 0.0954. The molecule has 0 fully saturated rings. The first-order valence-electron chi connectivity index (χ1n) is 8.75. The van der Waals surface area contributed by atoms with Gasteiger partial charge in [0.2, 0.25) is 0 Å². The van der Waals surface area contributed by atoms with E-state index in [1.807, 2.05) is 6.07 Å². The number of fused-ring (bicyclic) bond motifs is 1. The van der Waals surface area contributed by atoms with Crippen molar-refractivity contribution in [1.29, 1.82) is 0 Å². The van der Waals surface area contributed by atoms with Crippen molar-refractivity contribution in [1.82, 2.24) is 5.43 Å². The first kappa shape index (κ1) is 18.1. The lowest BCUT2D eigenvalue weighted by Gasteiger charge is -2.45. The zero-order valence-corrected chi connectivity index (χ0v) is 15.6. The Morgan fingerprint density at radius 3 is 2.81 bits per heavy atom. The number of hydrogen-bond acceptors (Lipinski definition) is 3. The summed E-state index contributed by atoms with van der Waals surface area (Å²) >= 11 is 0. The van der Waals surface area contributed by atoms with Gasteiger partial charge in [-0.25, -0.2) is 9.82 Å². The number of carbonyl (C=O) groups is 1. The second-order valence-corrected chi connectivity index (χ2v) is 7.50. The van der Waals surface area contributed by atoms with E-state index in [0.717, 1.165) is 12.0 Å². The van der Waals surface area contributed by atoms with Gasteiger partial charge in [-0.15, -0.1) is 0 Å². The van der Waals surface area contributed by atoms with E-state index in [1.165, 1.54) is 29.4 Å². The van der Waals surface area contributed by atoms with Crippen LogP contribution in [-0.2, 0) is 0 Å². The summed E-state index contributed by atoms with van der Waals surface area (Å²) < 4.78 is 13.2. The molecule has 2 aromatic rings. The number of nitrogens with one attached hydrogen (secondary N) is 1. The summed E-state index contributed by atoms with van der Waals surface area (Å²) in [6.45, 7) is 6.74. The number of halogens is 1. The van der Waals surface area contributed by atoms with E-state index in [4.69, 9.17) is 0 Å². The molecule has 1 atom stereocenters. The van der Waals surface area contributed by atoms with Crippen molar-refractivity contribution in [2.45, 2.75) is 38.6 Å². The fourth-order valence-electron chi connectivity index (χ4n) is 3.54. The van der Waals surface area contributed by atoms with E-state index in [9.17, 15) is 9.18 Å². The molecule has 1 amide bonds. The molecule has 1 unspecified atom stereocenters. The second kappa shape index (κ2) is 6.90. The van der Waals surface area contributed by atoms with Crippen LogP contribution >= 0.6 is 0 Å². The fourth-order valence-corrected chi connectivity index (χ4v) is 3.54. The number of carbonyl (C=O) groups excluding carboxylic acids is 1. The Balaban J connectivity index is 1.74. The Hall–Kier alpha value is -2.69. The van der Waals surface area contributed by atoms with Crippen LogP contribution in [0.2, 0.25) is 0 Å². The highest BCUT2D eigenvalue weighted by atomic mass is 19.1. The molecule has 0 spiro atoms. The van der Waals surface area contributed by atoms with Gasteiger partial charge < -0.3 is 4.90 Å². The zero-order chi connectivity index (χ0) is 18.9. The first-order valence-corrected chi connectivity index (χ1v) is 8.75. The summed E-state index contributed by atoms with van der Waals surface area (Å²) in [5, 5.41) is 4.01. The molecule has 136 valence electrons. The predicted molar refractivity (Wildman–Crippen MR) is 103 cm³/mol. The van der Waals surface area contributed by atoms with Crippen LogP contribution in [0.3, 0.4) is 0 Å². The van der Waals surface area contributed by atoms with Crippen molar-refractivity contribution in [2.24, 2.45) is 5.10 Å².